The molecule has 0 amide bonds. The third-order valence-electron chi connectivity index (χ3n) is 4.06. The second kappa shape index (κ2) is 8.92. The van der Waals surface area contributed by atoms with Gasteiger partial charge in [0.2, 0.25) is 5.82 Å². The van der Waals surface area contributed by atoms with Gasteiger partial charge in [0, 0.05) is 44.9 Å². The number of nitrogens with zero attached hydrogens (tertiary/aromatic N) is 4. The highest BCUT2D eigenvalue weighted by molar-refractivity contribution is 5.57. The third-order valence-corrected chi connectivity index (χ3v) is 4.06. The Morgan fingerprint density at radius 1 is 1.38 bits per heavy atom. The van der Waals surface area contributed by atoms with Crippen LogP contribution in [0, 0.1) is 22.0 Å². The van der Waals surface area contributed by atoms with Gasteiger partial charge in [0.25, 0.3) is 0 Å². The van der Waals surface area contributed by atoms with Crippen LogP contribution in [0.4, 0.5) is 11.5 Å². The molecule has 0 bridgehead atoms. The second-order valence-corrected chi connectivity index (χ2v) is 5.78. The maximum absolute atomic E-state index is 11.1. The molecule has 0 aliphatic carbocycles. The molecule has 0 radical (unpaired) electrons. The Kier molecular flexibility index (Phi) is 6.62. The van der Waals surface area contributed by atoms with Gasteiger partial charge in [-0.25, -0.2) is 4.98 Å². The maximum Gasteiger partial charge on any atom is 0.311 e. The molecule has 6 heteroatoms. The molecule has 0 unspecified atom stereocenters. The Balaban J connectivity index is 1.90. The lowest BCUT2D eigenvalue weighted by molar-refractivity contribution is -0.384. The number of hydrogen-bond acceptors (Lipinski definition) is 5. The van der Waals surface area contributed by atoms with Crippen LogP contribution in [0.2, 0.25) is 0 Å². The summed E-state index contributed by atoms with van der Waals surface area (Å²) in [6.45, 7) is 9.07. The molecule has 0 atom stereocenters. The Morgan fingerprint density at radius 3 is 2.79 bits per heavy atom. The van der Waals surface area contributed by atoms with Gasteiger partial charge in [-0.15, -0.1) is 0 Å². The van der Waals surface area contributed by atoms with Crippen LogP contribution in [-0.4, -0.2) is 41.0 Å². The summed E-state index contributed by atoms with van der Waals surface area (Å²) in [6.07, 6.45) is 6.04. The van der Waals surface area contributed by atoms with Gasteiger partial charge in [0.15, 0.2) is 0 Å². The van der Waals surface area contributed by atoms with E-state index in [1.807, 2.05) is 4.90 Å². The van der Waals surface area contributed by atoms with Crippen molar-refractivity contribution in [1.82, 2.24) is 9.88 Å². The van der Waals surface area contributed by atoms with E-state index in [2.05, 4.69) is 35.2 Å². The van der Waals surface area contributed by atoms with Crippen LogP contribution >= 0.6 is 0 Å². The van der Waals surface area contributed by atoms with E-state index in [0.29, 0.717) is 18.9 Å². The highest BCUT2D eigenvalue weighted by Gasteiger charge is 2.24. The molecule has 1 aliphatic heterocycles. The van der Waals surface area contributed by atoms with E-state index >= 15 is 0 Å². The molecule has 1 aromatic heterocycles. The molecule has 0 aromatic carbocycles. The Morgan fingerprint density at radius 2 is 2.12 bits per heavy atom. The summed E-state index contributed by atoms with van der Waals surface area (Å²) in [4.78, 5) is 19.0. The number of piperazine rings is 1. The van der Waals surface area contributed by atoms with E-state index in [1.54, 1.807) is 12.3 Å². The summed E-state index contributed by atoms with van der Waals surface area (Å²) in [5, 5.41) is 11.1. The van der Waals surface area contributed by atoms with Crippen molar-refractivity contribution in [2.75, 3.05) is 31.1 Å². The summed E-state index contributed by atoms with van der Waals surface area (Å²) in [5.74, 6) is 6.76. The maximum atomic E-state index is 11.1. The summed E-state index contributed by atoms with van der Waals surface area (Å²) in [7, 11) is 0. The predicted octanol–water partition coefficient (Wildman–Crippen LogP) is 3.21. The minimum atomic E-state index is -0.380. The molecular formula is C18H24N4O2. The molecule has 128 valence electrons. The summed E-state index contributed by atoms with van der Waals surface area (Å²) < 4.78 is 0. The van der Waals surface area contributed by atoms with Gasteiger partial charge in [-0.05, 0) is 18.4 Å². The normalized spacial score (nSPS) is 14.0. The monoisotopic (exact) mass is 328 g/mol. The van der Waals surface area contributed by atoms with Crippen molar-refractivity contribution in [2.24, 2.45) is 0 Å². The molecule has 6 nitrogen and oxygen atoms in total. The van der Waals surface area contributed by atoms with Crippen molar-refractivity contribution in [1.29, 1.82) is 0 Å². The fourth-order valence-electron chi connectivity index (χ4n) is 2.67. The second-order valence-electron chi connectivity index (χ2n) is 5.78. The number of hydrogen-bond donors (Lipinski definition) is 0. The molecule has 1 aliphatic rings. The van der Waals surface area contributed by atoms with Crippen LogP contribution in [0.15, 0.2) is 30.6 Å². The number of anilines is 1. The van der Waals surface area contributed by atoms with E-state index in [-0.39, 0.29) is 10.6 Å². The Labute approximate surface area is 143 Å². The van der Waals surface area contributed by atoms with Crippen molar-refractivity contribution >= 4 is 11.5 Å². The minimum Gasteiger partial charge on any atom is -0.362 e. The van der Waals surface area contributed by atoms with Gasteiger partial charge >= 0.3 is 5.69 Å². The molecule has 0 saturated carbocycles. The summed E-state index contributed by atoms with van der Waals surface area (Å²) in [6, 6.07) is 3.09. The zero-order chi connectivity index (χ0) is 17.4. The molecule has 0 spiro atoms. The standard InChI is InChI=1S/C18H24N4O2/c1-3-4-5-6-7-9-16(2)20-12-14-21(15-13-20)18-17(22(23)24)10-8-11-19-18/h8,10-11H,2-6,12-15H2,1H3. The smallest absolute Gasteiger partial charge is 0.311 e. The Hall–Kier alpha value is -2.55. The van der Waals surface area contributed by atoms with Crippen molar-refractivity contribution < 1.29 is 4.92 Å². The van der Waals surface area contributed by atoms with Gasteiger partial charge in [-0.3, -0.25) is 10.1 Å². The first-order valence-corrected chi connectivity index (χ1v) is 8.40. The molecule has 2 rings (SSSR count). The lowest BCUT2D eigenvalue weighted by atomic mass is 10.2. The Bertz CT molecular complexity index is 640. The van der Waals surface area contributed by atoms with E-state index in [0.717, 1.165) is 31.6 Å². The number of rotatable bonds is 6. The molecular weight excluding hydrogens is 304 g/mol. The average molecular weight is 328 g/mol. The van der Waals surface area contributed by atoms with Crippen molar-refractivity contribution in [3.05, 3.63) is 40.7 Å². The summed E-state index contributed by atoms with van der Waals surface area (Å²) >= 11 is 0. The zero-order valence-electron chi connectivity index (χ0n) is 14.2. The van der Waals surface area contributed by atoms with E-state index < -0.39 is 0 Å². The van der Waals surface area contributed by atoms with Crippen LogP contribution in [0.5, 0.6) is 0 Å². The van der Waals surface area contributed by atoms with Crippen LogP contribution in [0.25, 0.3) is 0 Å². The van der Waals surface area contributed by atoms with Crippen molar-refractivity contribution in [3.8, 4) is 11.8 Å². The molecule has 24 heavy (non-hydrogen) atoms. The fourth-order valence-corrected chi connectivity index (χ4v) is 2.67. The topological polar surface area (TPSA) is 62.5 Å². The minimum absolute atomic E-state index is 0.0560. The predicted molar refractivity (Wildman–Crippen MR) is 95.7 cm³/mol. The molecule has 1 aromatic rings. The SMILES string of the molecule is C=C(C#CCCCCC)N1CCN(c2ncccc2[N+](=O)[O-])CC1. The van der Waals surface area contributed by atoms with Crippen LogP contribution in [-0.2, 0) is 0 Å². The van der Waals surface area contributed by atoms with Gasteiger partial charge in [0.1, 0.15) is 0 Å². The first-order chi connectivity index (χ1) is 11.6. The number of pyridine rings is 1. The third kappa shape index (κ3) is 4.72. The van der Waals surface area contributed by atoms with Crippen molar-refractivity contribution in [3.63, 3.8) is 0 Å². The van der Waals surface area contributed by atoms with Gasteiger partial charge in [-0.2, -0.15) is 0 Å². The lowest BCUT2D eigenvalue weighted by Gasteiger charge is -2.35. The summed E-state index contributed by atoms with van der Waals surface area (Å²) in [5.41, 5.74) is 0.891. The van der Waals surface area contributed by atoms with Crippen molar-refractivity contribution in [2.45, 2.75) is 32.6 Å². The van der Waals surface area contributed by atoms with Crippen LogP contribution in [0.1, 0.15) is 32.6 Å². The number of aromatic nitrogens is 1. The zero-order valence-corrected chi connectivity index (χ0v) is 14.2. The van der Waals surface area contributed by atoms with Gasteiger partial charge < -0.3 is 9.80 Å². The van der Waals surface area contributed by atoms with E-state index in [1.165, 1.54) is 18.9 Å². The lowest BCUT2D eigenvalue weighted by Crippen LogP contribution is -2.46. The first-order valence-electron chi connectivity index (χ1n) is 8.40. The first kappa shape index (κ1) is 17.8. The van der Waals surface area contributed by atoms with Crippen LogP contribution in [0.3, 0.4) is 0 Å². The molecule has 1 fully saturated rings. The van der Waals surface area contributed by atoms with E-state index in [4.69, 9.17) is 0 Å². The van der Waals surface area contributed by atoms with Crippen LogP contribution < -0.4 is 4.90 Å². The number of unbranched alkanes of at least 4 members (excludes halogenated alkanes) is 3. The fraction of sp³-hybridized carbons (Fsp3) is 0.500. The molecule has 2 heterocycles. The number of allylic oxidation sites excluding steroid dienone is 1. The largest absolute Gasteiger partial charge is 0.362 e. The quantitative estimate of drug-likeness (QED) is 0.347. The molecule has 1 saturated heterocycles. The highest BCUT2D eigenvalue weighted by Crippen LogP contribution is 2.26. The number of nitro groups is 1. The van der Waals surface area contributed by atoms with Gasteiger partial charge in [-0.1, -0.05) is 32.3 Å². The van der Waals surface area contributed by atoms with Gasteiger partial charge in [0.05, 0.1) is 10.6 Å². The average Bonchev–Trinajstić information content (AvgIpc) is 2.61. The van der Waals surface area contributed by atoms with E-state index in [9.17, 15) is 10.1 Å². The molecule has 0 N–H and O–H groups in total. The highest BCUT2D eigenvalue weighted by atomic mass is 16.6.